The number of alkyl halides is 1. The van der Waals surface area contributed by atoms with Crippen LogP contribution in [-0.2, 0) is 10.9 Å². The maximum atomic E-state index is 12.5. The average molecular weight is 756 g/mol. The van der Waals surface area contributed by atoms with Gasteiger partial charge in [-0.3, -0.25) is 3.07 Å². The molecule has 0 amide bonds. The van der Waals surface area contributed by atoms with Gasteiger partial charge < -0.3 is 0 Å². The Bertz CT molecular complexity index is 898. The molecule has 0 saturated carbocycles. The number of halogens is 6. The van der Waals surface area contributed by atoms with E-state index in [1.54, 1.807) is 24.3 Å². The van der Waals surface area contributed by atoms with Crippen molar-refractivity contribution in [2.24, 2.45) is 0 Å². The van der Waals surface area contributed by atoms with Crippen molar-refractivity contribution in [2.75, 3.05) is 4.93 Å². The van der Waals surface area contributed by atoms with Crippen molar-refractivity contribution in [3.05, 3.63) is 101 Å². The summed E-state index contributed by atoms with van der Waals surface area (Å²) >= 11 is -0.816. The summed E-state index contributed by atoms with van der Waals surface area (Å²) in [4.78, 5) is 12.5. The molecule has 0 unspecified atom stereocenters. The van der Waals surface area contributed by atoms with Crippen LogP contribution in [0.25, 0.3) is 0 Å². The van der Waals surface area contributed by atoms with Gasteiger partial charge in [0.05, 0.1) is 0 Å². The topological polar surface area (TPSA) is 43.4 Å². The molecule has 3 rings (SSSR count). The molecule has 0 aromatic heterocycles. The van der Waals surface area contributed by atoms with Crippen LogP contribution in [0.3, 0.4) is 0 Å². The zero-order valence-corrected chi connectivity index (χ0v) is 22.4. The van der Waals surface area contributed by atoms with E-state index in [0.29, 0.717) is 0 Å². The van der Waals surface area contributed by atoms with E-state index >= 15 is 0 Å². The van der Waals surface area contributed by atoms with Crippen molar-refractivity contribution in [1.82, 2.24) is 0 Å². The standard InChI is InChI=1S/C9H10FIO2.C6H4FIO.C6H4FI/c1-7(12)13-11(2)9-5-3-8(10)4-6-9;7-5-1-3-6(8-9)4-2-5;7-5-1-3-6(8)4-2-5/h3-6H,1-2H3;1-4H;1-4H. The van der Waals surface area contributed by atoms with Gasteiger partial charge in [-0.25, -0.2) is 8.78 Å². The first-order valence-electron chi connectivity index (χ1n) is 8.19. The normalized spacial score (nSPS) is 10.0. The molecule has 0 aliphatic rings. The van der Waals surface area contributed by atoms with E-state index in [2.05, 4.69) is 22.6 Å². The molecule has 0 N–H and O–H groups in total. The zero-order chi connectivity index (χ0) is 22.5. The van der Waals surface area contributed by atoms with Crippen molar-refractivity contribution in [3.63, 3.8) is 0 Å². The fourth-order valence-electron chi connectivity index (χ4n) is 1.73. The predicted octanol–water partition coefficient (Wildman–Crippen LogP) is 7.35. The minimum atomic E-state index is -1.83. The molecule has 30 heavy (non-hydrogen) atoms. The Labute approximate surface area is 205 Å². The van der Waals surface area contributed by atoms with Gasteiger partial charge in [0.15, 0.2) is 21.2 Å². The maximum absolute atomic E-state index is 12.5. The second kappa shape index (κ2) is 14.8. The van der Waals surface area contributed by atoms with Crippen LogP contribution >= 0.6 is 64.0 Å². The Morgan fingerprint density at radius 3 is 1.60 bits per heavy atom. The molecule has 3 nitrogen and oxygen atoms in total. The van der Waals surface area contributed by atoms with Crippen LogP contribution in [0.5, 0.6) is 0 Å². The van der Waals surface area contributed by atoms with Crippen LogP contribution in [0, 0.1) is 28.2 Å². The van der Waals surface area contributed by atoms with Crippen molar-refractivity contribution >= 4 is 70.0 Å². The fraction of sp³-hybridized carbons (Fsp3) is 0.0952. The summed E-state index contributed by atoms with van der Waals surface area (Å²) in [5, 5.41) is 0. The summed E-state index contributed by atoms with van der Waals surface area (Å²) < 4.78 is 54.8. The van der Waals surface area contributed by atoms with Crippen molar-refractivity contribution < 1.29 is 24.1 Å². The zero-order valence-electron chi connectivity index (χ0n) is 15.9. The van der Waals surface area contributed by atoms with Crippen LogP contribution < -0.4 is 0 Å². The van der Waals surface area contributed by atoms with E-state index in [1.807, 2.05) is 4.93 Å². The molecule has 0 aliphatic heterocycles. The second-order valence-corrected chi connectivity index (χ2v) is 12.4. The molecule has 0 atom stereocenters. The summed E-state index contributed by atoms with van der Waals surface area (Å²) in [5.74, 6) is -0.991. The van der Waals surface area contributed by atoms with Gasteiger partial charge in [0.1, 0.15) is 11.6 Å². The van der Waals surface area contributed by atoms with Crippen LogP contribution in [0.4, 0.5) is 13.2 Å². The van der Waals surface area contributed by atoms with E-state index in [9.17, 15) is 21.0 Å². The summed E-state index contributed by atoms with van der Waals surface area (Å²) in [7, 11) is 0. The van der Waals surface area contributed by atoms with E-state index in [1.165, 1.54) is 55.5 Å². The van der Waals surface area contributed by atoms with Gasteiger partial charge in [0.2, 0.25) is 0 Å². The second-order valence-electron chi connectivity index (χ2n) is 5.38. The molecule has 3 aromatic carbocycles. The van der Waals surface area contributed by atoms with Crippen LogP contribution in [0.1, 0.15) is 6.92 Å². The molecule has 0 aliphatic carbocycles. The summed E-state index contributed by atoms with van der Waals surface area (Å²) in [6.45, 7) is 1.39. The summed E-state index contributed by atoms with van der Waals surface area (Å²) in [6, 6.07) is 18.2. The molecule has 0 saturated heterocycles. The molecule has 0 radical (unpaired) electrons. The van der Waals surface area contributed by atoms with E-state index in [0.717, 1.165) is 10.7 Å². The van der Waals surface area contributed by atoms with Gasteiger partial charge in [-0.15, -0.1) is 0 Å². The number of benzene rings is 3. The number of hydrogen-bond donors (Lipinski definition) is 0. The van der Waals surface area contributed by atoms with Crippen LogP contribution in [-0.4, -0.2) is 10.9 Å². The van der Waals surface area contributed by atoms with Crippen molar-refractivity contribution in [2.45, 2.75) is 6.92 Å². The Morgan fingerprint density at radius 2 is 1.23 bits per heavy atom. The third-order valence-corrected chi connectivity index (χ3v) is 8.73. The van der Waals surface area contributed by atoms with E-state index in [-0.39, 0.29) is 23.4 Å². The minimum Gasteiger partial charge on any atom is -0.265 e. The van der Waals surface area contributed by atoms with Gasteiger partial charge in [-0.1, -0.05) is 0 Å². The molecular formula is C21H18F3I3O3. The van der Waals surface area contributed by atoms with Crippen LogP contribution in [0.15, 0.2) is 72.8 Å². The van der Waals surface area contributed by atoms with Gasteiger partial charge in [-0.2, -0.15) is 0 Å². The first kappa shape index (κ1) is 26.9. The molecule has 0 bridgehead atoms. The number of rotatable bonds is 3. The van der Waals surface area contributed by atoms with Gasteiger partial charge in [-0.05, 0) is 71.1 Å². The number of carbonyl (C=O) groups excluding carboxylic acids is 1. The predicted molar refractivity (Wildman–Crippen MR) is 136 cm³/mol. The van der Waals surface area contributed by atoms with Crippen molar-refractivity contribution in [3.8, 4) is 0 Å². The SMILES string of the molecule is CC(=O)OI(C)c1ccc(F)cc1.Fc1ccc(I)cc1.O=Ic1ccc(F)cc1. The van der Waals surface area contributed by atoms with Gasteiger partial charge >= 0.3 is 84.0 Å². The molecule has 0 fully saturated rings. The van der Waals surface area contributed by atoms with Crippen LogP contribution in [0.2, 0.25) is 0 Å². The van der Waals surface area contributed by atoms with Crippen molar-refractivity contribution in [1.29, 1.82) is 0 Å². The summed E-state index contributed by atoms with van der Waals surface area (Å²) in [5.41, 5.74) is 0. The maximum Gasteiger partial charge on any atom is 0.182 e. The monoisotopic (exact) mass is 756 g/mol. The number of carbonyl (C=O) groups is 1. The molecule has 0 heterocycles. The van der Waals surface area contributed by atoms with E-state index in [4.69, 9.17) is 3.07 Å². The number of hydrogen-bond acceptors (Lipinski definition) is 3. The Kier molecular flexibility index (Phi) is 13.3. The first-order chi connectivity index (χ1) is 14.2. The summed E-state index contributed by atoms with van der Waals surface area (Å²) in [6.07, 6.45) is 0. The Morgan fingerprint density at radius 1 is 0.833 bits per heavy atom. The average Bonchev–Trinajstić information content (AvgIpc) is 2.72. The molecule has 3 aromatic rings. The van der Waals surface area contributed by atoms with Gasteiger partial charge in [0, 0.05) is 7.14 Å². The largest absolute Gasteiger partial charge is 0.265 e. The fourth-order valence-corrected chi connectivity index (χ4v) is 5.29. The molecular weight excluding hydrogens is 738 g/mol. The molecule has 162 valence electrons. The third kappa shape index (κ3) is 11.9. The van der Waals surface area contributed by atoms with E-state index < -0.39 is 41.4 Å². The molecule has 9 heteroatoms. The Hall–Kier alpha value is -1.09. The smallest absolute Gasteiger partial charge is 0.182 e. The van der Waals surface area contributed by atoms with Gasteiger partial charge in [0.25, 0.3) is 0 Å². The Balaban J connectivity index is 0.000000234. The quantitative estimate of drug-likeness (QED) is 0.208. The molecule has 0 spiro atoms. The first-order valence-corrected chi connectivity index (χ1v) is 15.3. The third-order valence-electron chi connectivity index (χ3n) is 3.03. The minimum absolute atomic E-state index is 0.176.